The van der Waals surface area contributed by atoms with Crippen molar-refractivity contribution >= 4 is 5.97 Å². The zero-order chi connectivity index (χ0) is 11.3. The van der Waals surface area contributed by atoms with Crippen molar-refractivity contribution in [1.82, 2.24) is 0 Å². The van der Waals surface area contributed by atoms with Gasteiger partial charge < -0.3 is 10.5 Å². The number of hydrogen-bond donors (Lipinski definition) is 1. The molecule has 3 nitrogen and oxygen atoms in total. The van der Waals surface area contributed by atoms with Crippen LogP contribution in [0.3, 0.4) is 0 Å². The molecule has 84 valence electrons. The third kappa shape index (κ3) is 5.22. The Labute approximate surface area is 87.0 Å². The van der Waals surface area contributed by atoms with Crippen molar-refractivity contribution in [3.63, 3.8) is 0 Å². The summed E-state index contributed by atoms with van der Waals surface area (Å²) < 4.78 is 5.21. The highest BCUT2D eigenvalue weighted by Gasteiger charge is 2.20. The molecule has 0 aromatic rings. The number of nitrogens with two attached hydrogens (primary N) is 1. The summed E-state index contributed by atoms with van der Waals surface area (Å²) in [7, 11) is 0. The summed E-state index contributed by atoms with van der Waals surface area (Å²) in [6.07, 6.45) is 0.629. The summed E-state index contributed by atoms with van der Waals surface area (Å²) in [6.45, 7) is 10.0. The number of hydrogen-bond acceptors (Lipinski definition) is 3. The van der Waals surface area contributed by atoms with E-state index in [1.54, 1.807) is 0 Å². The SMILES string of the molecule is CC(C)C[C@H](N)C(=O)O[C@H](C)C(C)C. The lowest BCUT2D eigenvalue weighted by Crippen LogP contribution is -2.36. The van der Waals surface area contributed by atoms with Gasteiger partial charge in [0.25, 0.3) is 0 Å². The van der Waals surface area contributed by atoms with Gasteiger partial charge in [0.2, 0.25) is 0 Å². The first-order chi connectivity index (χ1) is 6.34. The van der Waals surface area contributed by atoms with Gasteiger partial charge in [-0.25, -0.2) is 0 Å². The van der Waals surface area contributed by atoms with E-state index in [2.05, 4.69) is 0 Å². The van der Waals surface area contributed by atoms with Crippen molar-refractivity contribution < 1.29 is 9.53 Å². The fraction of sp³-hybridized carbons (Fsp3) is 0.909. The minimum Gasteiger partial charge on any atom is -0.461 e. The van der Waals surface area contributed by atoms with E-state index in [1.165, 1.54) is 0 Å². The number of carbonyl (C=O) groups is 1. The number of ether oxygens (including phenoxy) is 1. The molecule has 0 saturated heterocycles. The Morgan fingerprint density at radius 3 is 2.07 bits per heavy atom. The van der Waals surface area contributed by atoms with E-state index in [0.29, 0.717) is 18.3 Å². The van der Waals surface area contributed by atoms with Crippen LogP contribution in [0.25, 0.3) is 0 Å². The van der Waals surface area contributed by atoms with Gasteiger partial charge in [0, 0.05) is 0 Å². The lowest BCUT2D eigenvalue weighted by molar-refractivity contribution is -0.152. The molecule has 0 bridgehead atoms. The van der Waals surface area contributed by atoms with Crippen molar-refractivity contribution in [2.45, 2.75) is 53.2 Å². The van der Waals surface area contributed by atoms with Crippen molar-refractivity contribution in [1.29, 1.82) is 0 Å². The molecule has 0 spiro atoms. The smallest absolute Gasteiger partial charge is 0.323 e. The molecule has 0 aliphatic carbocycles. The molecule has 2 atom stereocenters. The predicted molar refractivity (Wildman–Crippen MR) is 57.8 cm³/mol. The first kappa shape index (κ1) is 13.4. The molecule has 0 aromatic carbocycles. The van der Waals surface area contributed by atoms with Gasteiger partial charge >= 0.3 is 5.97 Å². The molecule has 2 N–H and O–H groups in total. The Balaban J connectivity index is 3.95. The second-order valence-corrected chi connectivity index (χ2v) is 4.62. The molecule has 3 heteroatoms. The van der Waals surface area contributed by atoms with E-state index in [1.807, 2.05) is 34.6 Å². The van der Waals surface area contributed by atoms with Crippen LogP contribution < -0.4 is 5.73 Å². The fourth-order valence-corrected chi connectivity index (χ4v) is 1.01. The molecule has 0 unspecified atom stereocenters. The Morgan fingerprint density at radius 2 is 1.71 bits per heavy atom. The number of rotatable bonds is 5. The molecule has 0 fully saturated rings. The van der Waals surface area contributed by atoms with E-state index in [0.717, 1.165) is 0 Å². The van der Waals surface area contributed by atoms with Crippen molar-refractivity contribution in [3.8, 4) is 0 Å². The second-order valence-electron chi connectivity index (χ2n) is 4.62. The molecule has 0 rings (SSSR count). The average molecular weight is 201 g/mol. The van der Waals surface area contributed by atoms with Crippen molar-refractivity contribution in [3.05, 3.63) is 0 Å². The van der Waals surface area contributed by atoms with Gasteiger partial charge in [0.1, 0.15) is 12.1 Å². The Hall–Kier alpha value is -0.570. The van der Waals surface area contributed by atoms with E-state index in [-0.39, 0.29) is 12.1 Å². The van der Waals surface area contributed by atoms with Crippen LogP contribution in [0.15, 0.2) is 0 Å². The number of esters is 1. The molecule has 0 radical (unpaired) electrons. The largest absolute Gasteiger partial charge is 0.461 e. The molecule has 0 saturated carbocycles. The topological polar surface area (TPSA) is 52.3 Å². The highest BCUT2D eigenvalue weighted by Crippen LogP contribution is 2.09. The Morgan fingerprint density at radius 1 is 1.21 bits per heavy atom. The lowest BCUT2D eigenvalue weighted by Gasteiger charge is -2.20. The first-order valence-corrected chi connectivity index (χ1v) is 5.30. The minimum atomic E-state index is -0.476. The molecular formula is C11H23NO2. The van der Waals surface area contributed by atoms with Crippen molar-refractivity contribution in [2.75, 3.05) is 0 Å². The van der Waals surface area contributed by atoms with Gasteiger partial charge in [-0.2, -0.15) is 0 Å². The maximum absolute atomic E-state index is 11.4. The van der Waals surface area contributed by atoms with Crippen molar-refractivity contribution in [2.24, 2.45) is 17.6 Å². The average Bonchev–Trinajstić information content (AvgIpc) is 2.02. The summed E-state index contributed by atoms with van der Waals surface area (Å²) in [5.41, 5.74) is 5.69. The first-order valence-electron chi connectivity index (χ1n) is 5.30. The predicted octanol–water partition coefficient (Wildman–Crippen LogP) is 1.95. The van der Waals surface area contributed by atoms with Gasteiger partial charge in [0.05, 0.1) is 0 Å². The monoisotopic (exact) mass is 201 g/mol. The molecule has 0 amide bonds. The Kier molecular flexibility index (Phi) is 5.77. The van der Waals surface area contributed by atoms with Gasteiger partial charge in [-0.05, 0) is 25.2 Å². The van der Waals surface area contributed by atoms with Gasteiger partial charge in [-0.15, -0.1) is 0 Å². The summed E-state index contributed by atoms with van der Waals surface area (Å²) in [5, 5.41) is 0. The summed E-state index contributed by atoms with van der Waals surface area (Å²) in [5.74, 6) is 0.483. The van der Waals surface area contributed by atoms with Crippen LogP contribution in [0, 0.1) is 11.8 Å². The van der Waals surface area contributed by atoms with Crippen LogP contribution in [-0.2, 0) is 9.53 Å². The maximum atomic E-state index is 11.4. The minimum absolute atomic E-state index is 0.0549. The van der Waals surface area contributed by atoms with Crippen LogP contribution in [0.5, 0.6) is 0 Å². The quantitative estimate of drug-likeness (QED) is 0.692. The standard InChI is InChI=1S/C11H23NO2/c1-7(2)6-10(12)11(13)14-9(5)8(3)4/h7-10H,6,12H2,1-5H3/t9-,10+/m1/s1. The van der Waals surface area contributed by atoms with E-state index in [4.69, 9.17) is 10.5 Å². The maximum Gasteiger partial charge on any atom is 0.323 e. The normalized spacial score (nSPS) is 15.7. The highest BCUT2D eigenvalue weighted by atomic mass is 16.5. The van der Waals surface area contributed by atoms with Gasteiger partial charge in [0.15, 0.2) is 0 Å². The molecule has 14 heavy (non-hydrogen) atoms. The zero-order valence-electron chi connectivity index (χ0n) is 9.91. The molecule has 0 aromatic heterocycles. The van der Waals surface area contributed by atoms with E-state index < -0.39 is 6.04 Å². The second kappa shape index (κ2) is 6.02. The van der Waals surface area contributed by atoms with Gasteiger partial charge in [-0.3, -0.25) is 4.79 Å². The number of carbonyl (C=O) groups excluding carboxylic acids is 1. The molecule has 0 aliphatic rings. The molecular weight excluding hydrogens is 178 g/mol. The van der Waals surface area contributed by atoms with Crippen LogP contribution in [0.2, 0.25) is 0 Å². The zero-order valence-corrected chi connectivity index (χ0v) is 9.91. The summed E-state index contributed by atoms with van der Waals surface area (Å²) >= 11 is 0. The molecule has 0 aliphatic heterocycles. The van der Waals surface area contributed by atoms with Crippen LogP contribution in [-0.4, -0.2) is 18.1 Å². The third-order valence-corrected chi connectivity index (χ3v) is 2.27. The van der Waals surface area contributed by atoms with Crippen LogP contribution >= 0.6 is 0 Å². The fourth-order valence-electron chi connectivity index (χ4n) is 1.01. The summed E-state index contributed by atoms with van der Waals surface area (Å²) in [4.78, 5) is 11.4. The third-order valence-electron chi connectivity index (χ3n) is 2.27. The van der Waals surface area contributed by atoms with Gasteiger partial charge in [-0.1, -0.05) is 27.7 Å². The molecule has 0 heterocycles. The van der Waals surface area contributed by atoms with Crippen LogP contribution in [0.4, 0.5) is 0 Å². The lowest BCUT2D eigenvalue weighted by atomic mass is 10.0. The van der Waals surface area contributed by atoms with E-state index in [9.17, 15) is 4.79 Å². The van der Waals surface area contributed by atoms with Crippen LogP contribution in [0.1, 0.15) is 41.0 Å². The summed E-state index contributed by atoms with van der Waals surface area (Å²) in [6, 6.07) is -0.476. The highest BCUT2D eigenvalue weighted by molar-refractivity contribution is 5.75. The Bertz CT molecular complexity index is 178. The van der Waals surface area contributed by atoms with E-state index >= 15 is 0 Å².